The number of halogens is 2. The van der Waals surface area contributed by atoms with E-state index in [1.165, 1.54) is 0 Å². The number of aromatic nitrogens is 2. The van der Waals surface area contributed by atoms with Crippen molar-refractivity contribution in [3.8, 4) is 5.69 Å². The lowest BCUT2D eigenvalue weighted by Gasteiger charge is -2.05. The van der Waals surface area contributed by atoms with Gasteiger partial charge in [-0.15, -0.1) is 12.4 Å². The summed E-state index contributed by atoms with van der Waals surface area (Å²) in [6.07, 6.45) is 3.28. The number of hydrogen-bond acceptors (Lipinski definition) is 4. The fraction of sp³-hybridized carbons (Fsp3) is 0.333. The Kier molecular flexibility index (Phi) is 8.86. The molecule has 0 saturated carbocycles. The van der Waals surface area contributed by atoms with Gasteiger partial charge in [0.05, 0.1) is 24.1 Å². The van der Waals surface area contributed by atoms with E-state index in [0.717, 1.165) is 16.7 Å². The average molecular weight is 404 g/mol. The van der Waals surface area contributed by atoms with Gasteiger partial charge >= 0.3 is 0 Å². The molecule has 126 valence electrons. The third kappa shape index (κ3) is 6.31. The number of nitrogens with one attached hydrogen (secondary N) is 2. The predicted octanol–water partition coefficient (Wildman–Crippen LogP) is 2.02. The number of ether oxygens (including phenoxy) is 1. The molecule has 0 saturated heterocycles. The first-order valence-electron chi connectivity index (χ1n) is 6.99. The molecule has 0 aliphatic carbocycles. The number of carbonyl (C=O) groups excluding carboxylic acids is 1. The van der Waals surface area contributed by atoms with Crippen LogP contribution in [0.5, 0.6) is 0 Å². The van der Waals surface area contributed by atoms with Crippen LogP contribution in [-0.4, -0.2) is 49.0 Å². The minimum Gasteiger partial charge on any atom is -0.383 e. The first-order valence-corrected chi connectivity index (χ1v) is 7.78. The van der Waals surface area contributed by atoms with Gasteiger partial charge in [0.25, 0.3) is 5.91 Å². The SMILES string of the molecule is COCCNCCNC(=O)c1cnn(-c2ccc(Br)cc2)c1.Cl. The lowest BCUT2D eigenvalue weighted by atomic mass is 10.3. The molecule has 0 aliphatic heterocycles. The topological polar surface area (TPSA) is 68.2 Å². The van der Waals surface area contributed by atoms with Crippen LogP contribution in [0.15, 0.2) is 41.1 Å². The third-order valence-corrected chi connectivity index (χ3v) is 3.53. The highest BCUT2D eigenvalue weighted by Crippen LogP contribution is 2.13. The average Bonchev–Trinajstić information content (AvgIpc) is 3.01. The maximum absolute atomic E-state index is 12.0. The van der Waals surface area contributed by atoms with Gasteiger partial charge in [0.1, 0.15) is 0 Å². The fourth-order valence-corrected chi connectivity index (χ4v) is 2.11. The van der Waals surface area contributed by atoms with Gasteiger partial charge in [-0.2, -0.15) is 5.10 Å². The van der Waals surface area contributed by atoms with E-state index in [1.54, 1.807) is 24.2 Å². The number of carbonyl (C=O) groups is 1. The molecular formula is C15H20BrClN4O2. The zero-order chi connectivity index (χ0) is 15.8. The first kappa shape index (κ1) is 19.6. The van der Waals surface area contributed by atoms with E-state index in [4.69, 9.17) is 4.74 Å². The molecule has 0 atom stereocenters. The standard InChI is InChI=1S/C15H19BrN4O2.ClH/c1-22-9-8-17-6-7-18-15(21)12-10-19-20(11-12)14-4-2-13(16)3-5-14;/h2-5,10-11,17H,6-9H2,1H3,(H,18,21);1H. The Morgan fingerprint density at radius 1 is 1.26 bits per heavy atom. The molecule has 6 nitrogen and oxygen atoms in total. The Labute approximate surface area is 150 Å². The molecule has 0 radical (unpaired) electrons. The summed E-state index contributed by atoms with van der Waals surface area (Å²) in [5.74, 6) is -0.128. The van der Waals surface area contributed by atoms with Crippen molar-refractivity contribution in [3.63, 3.8) is 0 Å². The molecule has 0 bridgehead atoms. The summed E-state index contributed by atoms with van der Waals surface area (Å²) in [4.78, 5) is 12.0. The third-order valence-electron chi connectivity index (χ3n) is 3.01. The minimum absolute atomic E-state index is 0. The Balaban J connectivity index is 0.00000264. The number of benzene rings is 1. The van der Waals surface area contributed by atoms with Crippen LogP contribution in [0.2, 0.25) is 0 Å². The van der Waals surface area contributed by atoms with E-state index in [2.05, 4.69) is 31.7 Å². The predicted molar refractivity (Wildman–Crippen MR) is 95.6 cm³/mol. The normalized spacial score (nSPS) is 10.2. The number of amides is 1. The summed E-state index contributed by atoms with van der Waals surface area (Å²) < 4.78 is 7.61. The number of nitrogens with zero attached hydrogens (tertiary/aromatic N) is 2. The van der Waals surface area contributed by atoms with Crippen LogP contribution >= 0.6 is 28.3 Å². The molecule has 1 heterocycles. The first-order chi connectivity index (χ1) is 10.7. The van der Waals surface area contributed by atoms with Crippen LogP contribution < -0.4 is 10.6 Å². The van der Waals surface area contributed by atoms with Gasteiger partial charge in [-0.1, -0.05) is 15.9 Å². The van der Waals surface area contributed by atoms with Gasteiger partial charge in [0.15, 0.2) is 0 Å². The lowest BCUT2D eigenvalue weighted by Crippen LogP contribution is -2.32. The molecule has 1 aromatic carbocycles. The minimum atomic E-state index is -0.128. The van der Waals surface area contributed by atoms with Crippen molar-refractivity contribution < 1.29 is 9.53 Å². The highest BCUT2D eigenvalue weighted by Gasteiger charge is 2.08. The van der Waals surface area contributed by atoms with Crippen LogP contribution in [0.1, 0.15) is 10.4 Å². The van der Waals surface area contributed by atoms with Gasteiger partial charge in [0, 0.05) is 37.4 Å². The molecule has 0 fully saturated rings. The second-order valence-electron chi connectivity index (χ2n) is 4.65. The van der Waals surface area contributed by atoms with E-state index in [-0.39, 0.29) is 18.3 Å². The number of hydrogen-bond donors (Lipinski definition) is 2. The Morgan fingerprint density at radius 3 is 2.70 bits per heavy atom. The van der Waals surface area contributed by atoms with Gasteiger partial charge in [-0.3, -0.25) is 4.79 Å². The smallest absolute Gasteiger partial charge is 0.254 e. The molecule has 1 amide bonds. The van der Waals surface area contributed by atoms with Crippen molar-refractivity contribution in [1.82, 2.24) is 20.4 Å². The van der Waals surface area contributed by atoms with Gasteiger partial charge in [-0.05, 0) is 24.3 Å². The van der Waals surface area contributed by atoms with Crippen LogP contribution in [0.25, 0.3) is 5.69 Å². The largest absolute Gasteiger partial charge is 0.383 e. The van der Waals surface area contributed by atoms with E-state index < -0.39 is 0 Å². The molecule has 1 aromatic heterocycles. The van der Waals surface area contributed by atoms with Crippen molar-refractivity contribution in [2.75, 3.05) is 33.4 Å². The van der Waals surface area contributed by atoms with Gasteiger partial charge in [-0.25, -0.2) is 4.68 Å². The molecule has 2 N–H and O–H groups in total. The monoisotopic (exact) mass is 402 g/mol. The number of rotatable bonds is 8. The summed E-state index contributed by atoms with van der Waals surface area (Å²) in [6.45, 7) is 2.70. The molecule has 0 aliphatic rings. The molecular weight excluding hydrogens is 384 g/mol. The maximum Gasteiger partial charge on any atom is 0.254 e. The van der Waals surface area contributed by atoms with Crippen LogP contribution in [0, 0.1) is 0 Å². The van der Waals surface area contributed by atoms with Crippen molar-refractivity contribution in [2.24, 2.45) is 0 Å². The number of methoxy groups -OCH3 is 1. The van der Waals surface area contributed by atoms with Crippen LogP contribution in [-0.2, 0) is 4.74 Å². The molecule has 2 aromatic rings. The zero-order valence-electron chi connectivity index (χ0n) is 12.8. The van der Waals surface area contributed by atoms with Crippen LogP contribution in [0.4, 0.5) is 0 Å². The molecule has 8 heteroatoms. The van der Waals surface area contributed by atoms with Crippen molar-refractivity contribution in [1.29, 1.82) is 0 Å². The quantitative estimate of drug-likeness (QED) is 0.662. The van der Waals surface area contributed by atoms with Crippen molar-refractivity contribution in [3.05, 3.63) is 46.7 Å². The summed E-state index contributed by atoms with van der Waals surface area (Å²) >= 11 is 3.39. The second kappa shape index (κ2) is 10.4. The van der Waals surface area contributed by atoms with E-state index in [1.807, 2.05) is 24.3 Å². The summed E-state index contributed by atoms with van der Waals surface area (Å²) in [5.41, 5.74) is 1.45. The fourth-order valence-electron chi connectivity index (χ4n) is 1.84. The zero-order valence-corrected chi connectivity index (χ0v) is 15.2. The highest BCUT2D eigenvalue weighted by atomic mass is 79.9. The summed E-state index contributed by atoms with van der Waals surface area (Å²) in [5, 5.41) is 10.2. The Bertz CT molecular complexity index is 604. The molecule has 0 unspecified atom stereocenters. The summed E-state index contributed by atoms with van der Waals surface area (Å²) in [6, 6.07) is 7.72. The molecule has 2 rings (SSSR count). The summed E-state index contributed by atoms with van der Waals surface area (Å²) in [7, 11) is 1.66. The van der Waals surface area contributed by atoms with Gasteiger partial charge < -0.3 is 15.4 Å². The van der Waals surface area contributed by atoms with E-state index in [9.17, 15) is 4.79 Å². The molecule has 0 spiro atoms. The lowest BCUT2D eigenvalue weighted by molar-refractivity contribution is 0.0953. The Hall–Kier alpha value is -1.41. The maximum atomic E-state index is 12.0. The Morgan fingerprint density at radius 2 is 2.00 bits per heavy atom. The van der Waals surface area contributed by atoms with E-state index in [0.29, 0.717) is 25.3 Å². The van der Waals surface area contributed by atoms with Gasteiger partial charge in [0.2, 0.25) is 0 Å². The van der Waals surface area contributed by atoms with Crippen molar-refractivity contribution >= 4 is 34.2 Å². The van der Waals surface area contributed by atoms with E-state index >= 15 is 0 Å². The second-order valence-corrected chi connectivity index (χ2v) is 5.56. The van der Waals surface area contributed by atoms with Crippen molar-refractivity contribution in [2.45, 2.75) is 0 Å². The highest BCUT2D eigenvalue weighted by molar-refractivity contribution is 9.10. The van der Waals surface area contributed by atoms with Crippen LogP contribution in [0.3, 0.4) is 0 Å². The molecule has 23 heavy (non-hydrogen) atoms.